The highest BCUT2D eigenvalue weighted by Gasteiger charge is 2.17. The summed E-state index contributed by atoms with van der Waals surface area (Å²) in [6.45, 7) is 0.675. The topological polar surface area (TPSA) is 76.0 Å². The molecule has 2 N–H and O–H groups in total. The van der Waals surface area contributed by atoms with Gasteiger partial charge in [-0.3, -0.25) is 4.79 Å². The molecule has 0 saturated carbocycles. The van der Waals surface area contributed by atoms with E-state index >= 15 is 0 Å². The smallest absolute Gasteiger partial charge is 0.315 e. The van der Waals surface area contributed by atoms with Crippen molar-refractivity contribution in [3.05, 3.63) is 99.5 Å². The van der Waals surface area contributed by atoms with E-state index in [9.17, 15) is 9.59 Å². The van der Waals surface area contributed by atoms with E-state index in [1.165, 1.54) is 4.68 Å². The van der Waals surface area contributed by atoms with Crippen LogP contribution in [0.5, 0.6) is 0 Å². The summed E-state index contributed by atoms with van der Waals surface area (Å²) in [6, 6.07) is 20.9. The Morgan fingerprint density at radius 1 is 0.967 bits per heavy atom. The second-order valence-corrected chi connectivity index (χ2v) is 7.54. The Kier molecular flexibility index (Phi) is 6.23. The number of carbonyl (C=O) groups excluding carboxylic acids is 1. The molecular formula is C24H26N4O2. The number of nitrogens with one attached hydrogen (secondary N) is 2. The molecule has 1 aliphatic carbocycles. The molecule has 2 aromatic carbocycles. The van der Waals surface area contributed by atoms with Gasteiger partial charge < -0.3 is 10.6 Å². The maximum absolute atomic E-state index is 12.6. The van der Waals surface area contributed by atoms with Crippen LogP contribution in [-0.4, -0.2) is 22.4 Å². The molecule has 0 aliphatic heterocycles. The van der Waals surface area contributed by atoms with Gasteiger partial charge in [0, 0.05) is 12.6 Å². The molecule has 4 rings (SSSR count). The van der Waals surface area contributed by atoms with Gasteiger partial charge in [-0.15, -0.1) is 0 Å². The van der Waals surface area contributed by atoms with Crippen molar-refractivity contribution in [3.8, 4) is 0 Å². The van der Waals surface area contributed by atoms with Gasteiger partial charge in [-0.2, -0.15) is 5.10 Å². The van der Waals surface area contributed by atoms with E-state index in [2.05, 4.69) is 15.7 Å². The number of fused-ring (bicyclic) bond motifs is 1. The van der Waals surface area contributed by atoms with Crippen LogP contribution >= 0.6 is 0 Å². The highest BCUT2D eigenvalue weighted by molar-refractivity contribution is 5.75. The highest BCUT2D eigenvalue weighted by atomic mass is 16.2. The third-order valence-electron chi connectivity index (χ3n) is 5.42. The van der Waals surface area contributed by atoms with E-state index in [1.54, 1.807) is 6.07 Å². The summed E-state index contributed by atoms with van der Waals surface area (Å²) in [5.41, 5.74) is 3.99. The van der Waals surface area contributed by atoms with Crippen molar-refractivity contribution >= 4 is 6.03 Å². The average Bonchev–Trinajstić information content (AvgIpc) is 2.79. The zero-order valence-corrected chi connectivity index (χ0v) is 16.9. The fourth-order valence-electron chi connectivity index (χ4n) is 3.87. The van der Waals surface area contributed by atoms with Gasteiger partial charge in [-0.25, -0.2) is 9.48 Å². The van der Waals surface area contributed by atoms with Crippen molar-refractivity contribution < 1.29 is 4.79 Å². The van der Waals surface area contributed by atoms with E-state index in [0.717, 1.165) is 48.1 Å². The fourth-order valence-corrected chi connectivity index (χ4v) is 3.87. The molecule has 0 bridgehead atoms. The molecule has 0 atom stereocenters. The van der Waals surface area contributed by atoms with Crippen molar-refractivity contribution in [2.45, 2.75) is 38.3 Å². The van der Waals surface area contributed by atoms with Crippen molar-refractivity contribution in [1.29, 1.82) is 0 Å². The monoisotopic (exact) mass is 402 g/mol. The van der Waals surface area contributed by atoms with E-state index < -0.39 is 0 Å². The quantitative estimate of drug-likeness (QED) is 0.665. The number of hydrogen-bond acceptors (Lipinski definition) is 3. The minimum Gasteiger partial charge on any atom is -0.336 e. The Hall–Kier alpha value is -3.41. The maximum atomic E-state index is 12.6. The van der Waals surface area contributed by atoms with Gasteiger partial charge in [0.05, 0.1) is 18.3 Å². The summed E-state index contributed by atoms with van der Waals surface area (Å²) in [5, 5.41) is 10.4. The molecule has 1 aliphatic rings. The number of amides is 2. The molecule has 6 nitrogen and oxygen atoms in total. The first-order valence-corrected chi connectivity index (χ1v) is 10.4. The van der Waals surface area contributed by atoms with Crippen LogP contribution in [0.15, 0.2) is 71.5 Å². The molecule has 0 spiro atoms. The van der Waals surface area contributed by atoms with E-state index in [4.69, 9.17) is 0 Å². The lowest BCUT2D eigenvalue weighted by Gasteiger charge is -2.20. The lowest BCUT2D eigenvalue weighted by molar-refractivity contribution is 0.238. The van der Waals surface area contributed by atoms with Crippen LogP contribution in [0.2, 0.25) is 0 Å². The van der Waals surface area contributed by atoms with Crippen LogP contribution in [0.4, 0.5) is 4.79 Å². The largest absolute Gasteiger partial charge is 0.336 e. The normalized spacial score (nSPS) is 13.0. The third kappa shape index (κ3) is 4.76. The van der Waals surface area contributed by atoms with Gasteiger partial charge >= 0.3 is 6.03 Å². The Bertz CT molecular complexity index is 1010. The Morgan fingerprint density at radius 2 is 1.60 bits per heavy atom. The molecule has 6 heteroatoms. The van der Waals surface area contributed by atoms with Crippen LogP contribution < -0.4 is 16.2 Å². The average molecular weight is 402 g/mol. The van der Waals surface area contributed by atoms with Crippen molar-refractivity contribution in [1.82, 2.24) is 20.4 Å². The van der Waals surface area contributed by atoms with Crippen LogP contribution in [-0.2, 0) is 19.4 Å². The standard InChI is InChI=1S/C24H26N4O2/c29-22-17-20-13-7-8-14-21(20)27-28(22)16-15-25-24(30)26-23(18-9-3-1-4-10-18)19-11-5-2-6-12-19/h1-6,9-12,17,23H,7-8,13-16H2,(H2,25,26,30). The summed E-state index contributed by atoms with van der Waals surface area (Å²) in [4.78, 5) is 24.9. The molecule has 3 aromatic rings. The van der Waals surface area contributed by atoms with Gasteiger partial charge in [0.1, 0.15) is 0 Å². The van der Waals surface area contributed by atoms with E-state index in [1.807, 2.05) is 60.7 Å². The van der Waals surface area contributed by atoms with Crippen LogP contribution in [0.3, 0.4) is 0 Å². The number of benzene rings is 2. The first-order valence-electron chi connectivity index (χ1n) is 10.4. The number of aromatic nitrogens is 2. The van der Waals surface area contributed by atoms with Gasteiger partial charge in [-0.05, 0) is 42.4 Å². The number of carbonyl (C=O) groups is 1. The van der Waals surface area contributed by atoms with Crippen LogP contribution in [0.1, 0.15) is 41.3 Å². The molecule has 1 heterocycles. The molecule has 154 valence electrons. The van der Waals surface area contributed by atoms with Gasteiger partial charge in [0.25, 0.3) is 5.56 Å². The first-order chi connectivity index (χ1) is 14.7. The molecule has 0 radical (unpaired) electrons. The van der Waals surface area contributed by atoms with Crippen LogP contribution in [0, 0.1) is 0 Å². The molecule has 0 unspecified atom stereocenters. The predicted octanol–water partition coefficient (Wildman–Crippen LogP) is 3.21. The van der Waals surface area contributed by atoms with Gasteiger partial charge in [0.2, 0.25) is 0 Å². The zero-order chi connectivity index (χ0) is 20.8. The second-order valence-electron chi connectivity index (χ2n) is 7.54. The van der Waals surface area contributed by atoms with E-state index in [0.29, 0.717) is 13.1 Å². The molecule has 1 aromatic heterocycles. The zero-order valence-electron chi connectivity index (χ0n) is 16.9. The Balaban J connectivity index is 1.39. The SMILES string of the molecule is O=C(NCCn1nc2c(cc1=O)CCCC2)NC(c1ccccc1)c1ccccc1. The highest BCUT2D eigenvalue weighted by Crippen LogP contribution is 2.21. The fraction of sp³-hybridized carbons (Fsp3) is 0.292. The third-order valence-corrected chi connectivity index (χ3v) is 5.42. The maximum Gasteiger partial charge on any atom is 0.315 e. The first kappa shape index (κ1) is 19.9. The minimum atomic E-state index is -0.279. The molecule has 0 fully saturated rings. The number of nitrogens with zero attached hydrogens (tertiary/aromatic N) is 2. The second kappa shape index (κ2) is 9.39. The van der Waals surface area contributed by atoms with Crippen LogP contribution in [0.25, 0.3) is 0 Å². The van der Waals surface area contributed by atoms with E-state index in [-0.39, 0.29) is 17.6 Å². The number of aryl methyl sites for hydroxylation is 2. The summed E-state index contributed by atoms with van der Waals surface area (Å²) >= 11 is 0. The molecule has 2 amide bonds. The van der Waals surface area contributed by atoms with Gasteiger partial charge in [-0.1, -0.05) is 60.7 Å². The lowest BCUT2D eigenvalue weighted by Crippen LogP contribution is -2.41. The lowest BCUT2D eigenvalue weighted by atomic mass is 9.97. The summed E-state index contributed by atoms with van der Waals surface area (Å²) in [7, 11) is 0. The molecule has 0 saturated heterocycles. The van der Waals surface area contributed by atoms with Crippen molar-refractivity contribution in [2.24, 2.45) is 0 Å². The number of rotatable bonds is 6. The van der Waals surface area contributed by atoms with Gasteiger partial charge in [0.15, 0.2) is 0 Å². The number of hydrogen-bond donors (Lipinski definition) is 2. The number of urea groups is 1. The Labute approximate surface area is 175 Å². The summed E-state index contributed by atoms with van der Waals surface area (Å²) in [5.74, 6) is 0. The summed E-state index contributed by atoms with van der Waals surface area (Å²) < 4.78 is 1.45. The van der Waals surface area contributed by atoms with Crippen molar-refractivity contribution in [3.63, 3.8) is 0 Å². The van der Waals surface area contributed by atoms with Crippen molar-refractivity contribution in [2.75, 3.05) is 6.54 Å². The molecular weight excluding hydrogens is 376 g/mol. The Morgan fingerprint density at radius 3 is 2.27 bits per heavy atom. The predicted molar refractivity (Wildman–Crippen MR) is 116 cm³/mol. The molecule has 30 heavy (non-hydrogen) atoms. The minimum absolute atomic E-state index is 0.107. The summed E-state index contributed by atoms with van der Waals surface area (Å²) in [6.07, 6.45) is 4.07.